The number of hydrogen-bond acceptors (Lipinski definition) is 4. The van der Waals surface area contributed by atoms with Gasteiger partial charge in [0.1, 0.15) is 0 Å². The van der Waals surface area contributed by atoms with E-state index in [4.69, 9.17) is 4.74 Å². The van der Waals surface area contributed by atoms with Gasteiger partial charge in [-0.2, -0.15) is 0 Å². The van der Waals surface area contributed by atoms with Crippen molar-refractivity contribution in [3.63, 3.8) is 0 Å². The lowest BCUT2D eigenvalue weighted by Crippen LogP contribution is -2.14. The number of ether oxygens (including phenoxy) is 1. The number of rotatable bonds is 5. The van der Waals surface area contributed by atoms with E-state index in [1.807, 2.05) is 31.2 Å². The van der Waals surface area contributed by atoms with E-state index in [2.05, 4.69) is 10.3 Å². The molecule has 2 rings (SSSR count). The summed E-state index contributed by atoms with van der Waals surface area (Å²) in [5, 5.41) is 3.71. The summed E-state index contributed by atoms with van der Waals surface area (Å²) in [5.74, 6) is -0.569. The second-order valence-electron chi connectivity index (χ2n) is 4.68. The van der Waals surface area contributed by atoms with Gasteiger partial charge in [-0.3, -0.25) is 14.6 Å². The normalized spacial score (nSPS) is 10.4. The van der Waals surface area contributed by atoms with Crippen molar-refractivity contribution in [2.75, 3.05) is 11.9 Å². The lowest BCUT2D eigenvalue weighted by atomic mass is 10.1. The van der Waals surface area contributed by atoms with Crippen LogP contribution in [-0.2, 0) is 14.3 Å². The Morgan fingerprint density at radius 2 is 2.05 bits per heavy atom. The third-order valence-corrected chi connectivity index (χ3v) is 3.11. The fraction of sp³-hybridized carbons (Fsp3) is 0.312. The zero-order valence-electron chi connectivity index (χ0n) is 12.2. The number of hydrogen-bond donors (Lipinski definition) is 1. The molecule has 5 nitrogen and oxygen atoms in total. The second-order valence-corrected chi connectivity index (χ2v) is 4.68. The first-order valence-electron chi connectivity index (χ1n) is 6.91. The van der Waals surface area contributed by atoms with Gasteiger partial charge in [-0.1, -0.05) is 6.07 Å². The highest BCUT2D eigenvalue weighted by Gasteiger charge is 2.10. The van der Waals surface area contributed by atoms with Crippen LogP contribution in [0.2, 0.25) is 0 Å². The van der Waals surface area contributed by atoms with Gasteiger partial charge in [0.15, 0.2) is 0 Å². The molecule has 1 N–H and O–H groups in total. The Hall–Kier alpha value is -2.43. The standard InChI is InChI=1S/C16H18N2O3/c1-3-21-15(20)9-8-14(19)18-13-7-6-11(2)16-12(13)5-4-10-17-16/h4-7,10H,3,8-9H2,1-2H3,(H,18,19). The van der Waals surface area contributed by atoms with Crippen LogP contribution in [-0.4, -0.2) is 23.5 Å². The third kappa shape index (κ3) is 3.78. The summed E-state index contributed by atoms with van der Waals surface area (Å²) >= 11 is 0. The Balaban J connectivity index is 2.08. The molecule has 0 saturated heterocycles. The summed E-state index contributed by atoms with van der Waals surface area (Å²) in [7, 11) is 0. The minimum atomic E-state index is -0.358. The van der Waals surface area contributed by atoms with Crippen LogP contribution in [0.1, 0.15) is 25.3 Å². The Kier molecular flexibility index (Phi) is 4.87. The SMILES string of the molecule is CCOC(=O)CCC(=O)Nc1ccc(C)c2ncccc12. The van der Waals surface area contributed by atoms with E-state index in [1.165, 1.54) is 0 Å². The fourth-order valence-corrected chi connectivity index (χ4v) is 2.08. The fourth-order valence-electron chi connectivity index (χ4n) is 2.08. The molecule has 0 spiro atoms. The molecular formula is C16H18N2O3. The van der Waals surface area contributed by atoms with E-state index in [1.54, 1.807) is 13.1 Å². The first-order valence-corrected chi connectivity index (χ1v) is 6.91. The molecule has 5 heteroatoms. The molecule has 0 saturated carbocycles. The largest absolute Gasteiger partial charge is 0.466 e. The molecule has 1 aromatic heterocycles. The predicted molar refractivity (Wildman–Crippen MR) is 81.0 cm³/mol. The van der Waals surface area contributed by atoms with Crippen molar-refractivity contribution in [2.24, 2.45) is 0 Å². The van der Waals surface area contributed by atoms with Crippen molar-refractivity contribution in [3.05, 3.63) is 36.0 Å². The van der Waals surface area contributed by atoms with Gasteiger partial charge < -0.3 is 10.1 Å². The second kappa shape index (κ2) is 6.83. The van der Waals surface area contributed by atoms with E-state index in [0.717, 1.165) is 16.5 Å². The average molecular weight is 286 g/mol. The minimum absolute atomic E-state index is 0.0850. The van der Waals surface area contributed by atoms with Crippen molar-refractivity contribution >= 4 is 28.5 Å². The molecule has 1 heterocycles. The molecule has 21 heavy (non-hydrogen) atoms. The Morgan fingerprint density at radius 1 is 1.24 bits per heavy atom. The van der Waals surface area contributed by atoms with Crippen LogP contribution < -0.4 is 5.32 Å². The Morgan fingerprint density at radius 3 is 2.81 bits per heavy atom. The summed E-state index contributed by atoms with van der Waals surface area (Å²) in [6.45, 7) is 4.04. The number of esters is 1. The number of nitrogens with one attached hydrogen (secondary N) is 1. The van der Waals surface area contributed by atoms with Crippen LogP contribution in [0.25, 0.3) is 10.9 Å². The molecule has 1 aromatic carbocycles. The van der Waals surface area contributed by atoms with Crippen LogP contribution in [0.4, 0.5) is 5.69 Å². The maximum atomic E-state index is 11.9. The highest BCUT2D eigenvalue weighted by atomic mass is 16.5. The van der Waals surface area contributed by atoms with Crippen molar-refractivity contribution in [1.82, 2.24) is 4.98 Å². The molecular weight excluding hydrogens is 268 g/mol. The average Bonchev–Trinajstić information content (AvgIpc) is 2.49. The summed E-state index contributed by atoms with van der Waals surface area (Å²) < 4.78 is 4.80. The van der Waals surface area contributed by atoms with Gasteiger partial charge >= 0.3 is 5.97 Å². The van der Waals surface area contributed by atoms with E-state index in [9.17, 15) is 9.59 Å². The lowest BCUT2D eigenvalue weighted by Gasteiger charge is -2.09. The number of carbonyl (C=O) groups excluding carboxylic acids is 2. The summed E-state index contributed by atoms with van der Waals surface area (Å²) in [5.41, 5.74) is 2.62. The molecule has 0 aliphatic carbocycles. The van der Waals surface area contributed by atoms with Crippen molar-refractivity contribution in [1.29, 1.82) is 0 Å². The topological polar surface area (TPSA) is 68.3 Å². The molecule has 0 atom stereocenters. The zero-order chi connectivity index (χ0) is 15.2. The highest BCUT2D eigenvalue weighted by Crippen LogP contribution is 2.24. The summed E-state index contributed by atoms with van der Waals surface area (Å²) in [4.78, 5) is 27.5. The number of amides is 1. The number of carbonyl (C=O) groups is 2. The molecule has 0 bridgehead atoms. The third-order valence-electron chi connectivity index (χ3n) is 3.11. The summed E-state index contributed by atoms with van der Waals surface area (Å²) in [6.07, 6.45) is 1.91. The molecule has 110 valence electrons. The van der Waals surface area contributed by atoms with Gasteiger partial charge in [-0.25, -0.2) is 0 Å². The molecule has 2 aromatic rings. The maximum absolute atomic E-state index is 11.9. The van der Waals surface area contributed by atoms with Crippen molar-refractivity contribution in [2.45, 2.75) is 26.7 Å². The lowest BCUT2D eigenvalue weighted by molar-refractivity contribution is -0.144. The molecule has 0 aliphatic rings. The van der Waals surface area contributed by atoms with Crippen LogP contribution in [0.15, 0.2) is 30.5 Å². The quantitative estimate of drug-likeness (QED) is 0.858. The van der Waals surface area contributed by atoms with Gasteiger partial charge in [0.05, 0.1) is 24.2 Å². The van der Waals surface area contributed by atoms with Gasteiger partial charge in [-0.05, 0) is 37.6 Å². The number of benzene rings is 1. The number of fused-ring (bicyclic) bond motifs is 1. The Bertz CT molecular complexity index is 668. The smallest absolute Gasteiger partial charge is 0.306 e. The number of pyridine rings is 1. The number of aromatic nitrogens is 1. The van der Waals surface area contributed by atoms with Crippen LogP contribution in [0, 0.1) is 6.92 Å². The minimum Gasteiger partial charge on any atom is -0.466 e. The van der Waals surface area contributed by atoms with Crippen LogP contribution >= 0.6 is 0 Å². The van der Waals surface area contributed by atoms with Gasteiger partial charge in [0.2, 0.25) is 5.91 Å². The van der Waals surface area contributed by atoms with E-state index in [-0.39, 0.29) is 24.7 Å². The molecule has 0 aliphatic heterocycles. The first kappa shape index (κ1) is 15.0. The molecule has 0 fully saturated rings. The van der Waals surface area contributed by atoms with E-state index >= 15 is 0 Å². The highest BCUT2D eigenvalue weighted by molar-refractivity contribution is 6.02. The Labute approximate surface area is 123 Å². The van der Waals surface area contributed by atoms with Gasteiger partial charge in [0, 0.05) is 18.0 Å². The van der Waals surface area contributed by atoms with Crippen LogP contribution in [0.3, 0.4) is 0 Å². The number of anilines is 1. The van der Waals surface area contributed by atoms with Crippen molar-refractivity contribution in [3.8, 4) is 0 Å². The predicted octanol–water partition coefficient (Wildman–Crippen LogP) is 2.83. The summed E-state index contributed by atoms with van der Waals surface area (Å²) in [6, 6.07) is 7.50. The molecule has 1 amide bonds. The van der Waals surface area contributed by atoms with Gasteiger partial charge in [0.25, 0.3) is 0 Å². The van der Waals surface area contributed by atoms with Crippen molar-refractivity contribution < 1.29 is 14.3 Å². The van der Waals surface area contributed by atoms with Crippen LogP contribution in [0.5, 0.6) is 0 Å². The van der Waals surface area contributed by atoms with E-state index in [0.29, 0.717) is 12.3 Å². The monoisotopic (exact) mass is 286 g/mol. The first-order chi connectivity index (χ1) is 10.1. The van der Waals surface area contributed by atoms with Gasteiger partial charge in [-0.15, -0.1) is 0 Å². The maximum Gasteiger partial charge on any atom is 0.306 e. The zero-order valence-corrected chi connectivity index (χ0v) is 12.2. The number of aryl methyl sites for hydroxylation is 1. The number of nitrogens with zero attached hydrogens (tertiary/aromatic N) is 1. The van der Waals surface area contributed by atoms with E-state index < -0.39 is 0 Å². The molecule has 0 radical (unpaired) electrons. The molecule has 0 unspecified atom stereocenters.